The molecule has 1 aliphatic heterocycles. The lowest BCUT2D eigenvalue weighted by atomic mass is 10.0. The van der Waals surface area contributed by atoms with Gasteiger partial charge in [-0.15, -0.1) is 0 Å². The van der Waals surface area contributed by atoms with Crippen LogP contribution in [0.1, 0.15) is 84.5 Å². The van der Waals surface area contributed by atoms with Crippen molar-refractivity contribution in [2.45, 2.75) is 90.6 Å². The molecule has 5 nitrogen and oxygen atoms in total. The van der Waals surface area contributed by atoms with Crippen molar-refractivity contribution in [1.82, 2.24) is 10.2 Å². The first-order chi connectivity index (χ1) is 12.1. The predicted molar refractivity (Wildman–Crippen MR) is 102 cm³/mol. The van der Waals surface area contributed by atoms with E-state index in [0.717, 1.165) is 32.5 Å². The fourth-order valence-corrected chi connectivity index (χ4v) is 3.29. The molecule has 1 aliphatic rings. The van der Waals surface area contributed by atoms with Gasteiger partial charge in [-0.2, -0.15) is 0 Å². The fraction of sp³-hybridized carbons (Fsp3) is 0.900. The van der Waals surface area contributed by atoms with Gasteiger partial charge in [0.05, 0.1) is 0 Å². The molecule has 1 heterocycles. The molecule has 0 radical (unpaired) electrons. The second-order valence-corrected chi connectivity index (χ2v) is 7.30. The molecule has 1 fully saturated rings. The maximum atomic E-state index is 12.0. The highest BCUT2D eigenvalue weighted by molar-refractivity contribution is 5.75. The van der Waals surface area contributed by atoms with Crippen LogP contribution in [0.2, 0.25) is 0 Å². The van der Waals surface area contributed by atoms with Crippen molar-refractivity contribution in [3.05, 3.63) is 0 Å². The summed E-state index contributed by atoms with van der Waals surface area (Å²) < 4.78 is 5.57. The zero-order valence-corrected chi connectivity index (χ0v) is 16.4. The first-order valence-corrected chi connectivity index (χ1v) is 10.3. The molecule has 0 bridgehead atoms. The summed E-state index contributed by atoms with van der Waals surface area (Å²) in [5.41, 5.74) is 0. The van der Waals surface area contributed by atoms with Crippen molar-refractivity contribution >= 4 is 11.9 Å². The van der Waals surface area contributed by atoms with Crippen LogP contribution in [0.5, 0.6) is 0 Å². The van der Waals surface area contributed by atoms with Gasteiger partial charge < -0.3 is 19.7 Å². The normalized spacial score (nSPS) is 15.9. The van der Waals surface area contributed by atoms with Crippen molar-refractivity contribution in [2.75, 3.05) is 26.2 Å². The second kappa shape index (κ2) is 14.1. The Labute approximate surface area is 153 Å². The third kappa shape index (κ3) is 12.0. The average Bonchev–Trinajstić information content (AvgIpc) is 3.08. The molecule has 146 valence electrons. The van der Waals surface area contributed by atoms with E-state index in [4.69, 9.17) is 4.74 Å². The van der Waals surface area contributed by atoms with Crippen LogP contribution in [-0.2, 0) is 9.53 Å². The van der Waals surface area contributed by atoms with E-state index >= 15 is 0 Å². The third-order valence-corrected chi connectivity index (χ3v) is 4.87. The number of likely N-dealkylation sites (tertiary alicyclic amines) is 1. The van der Waals surface area contributed by atoms with E-state index in [2.05, 4.69) is 17.1 Å². The zero-order valence-electron chi connectivity index (χ0n) is 16.4. The fourth-order valence-electron chi connectivity index (χ4n) is 3.29. The summed E-state index contributed by atoms with van der Waals surface area (Å²) in [5, 5.41) is 2.86. The Bertz CT molecular complexity index is 368. The van der Waals surface area contributed by atoms with Crippen LogP contribution in [0, 0.1) is 0 Å². The summed E-state index contributed by atoms with van der Waals surface area (Å²) >= 11 is 0. The highest BCUT2D eigenvalue weighted by Gasteiger charge is 2.16. The number of ketones is 1. The lowest BCUT2D eigenvalue weighted by Gasteiger charge is -2.19. The molecule has 0 saturated carbocycles. The maximum absolute atomic E-state index is 12.0. The number of unbranched alkanes of at least 4 members (excludes halogenated alkanes) is 5. The summed E-state index contributed by atoms with van der Waals surface area (Å²) in [4.78, 5) is 25.6. The molecule has 0 aromatic rings. The molecule has 1 N–H and O–H groups in total. The van der Waals surface area contributed by atoms with Gasteiger partial charge in [0.2, 0.25) is 0 Å². The Hall–Kier alpha value is -1.10. The highest BCUT2D eigenvalue weighted by Crippen LogP contribution is 2.14. The van der Waals surface area contributed by atoms with Gasteiger partial charge in [-0.05, 0) is 52.1 Å². The van der Waals surface area contributed by atoms with E-state index in [1.165, 1.54) is 44.9 Å². The predicted octanol–water partition coefficient (Wildman–Crippen LogP) is 4.30. The van der Waals surface area contributed by atoms with Crippen molar-refractivity contribution in [3.63, 3.8) is 0 Å². The van der Waals surface area contributed by atoms with E-state index in [1.54, 1.807) is 6.92 Å². The number of alkyl carbamates (subject to hydrolysis) is 1. The molecule has 1 unspecified atom stereocenters. The van der Waals surface area contributed by atoms with Gasteiger partial charge >= 0.3 is 6.09 Å². The smallest absolute Gasteiger partial charge is 0.407 e. The second-order valence-electron chi connectivity index (χ2n) is 7.30. The minimum absolute atomic E-state index is 0.137. The summed E-state index contributed by atoms with van der Waals surface area (Å²) in [5.74, 6) is 0.158. The Morgan fingerprint density at radius 2 is 1.72 bits per heavy atom. The van der Waals surface area contributed by atoms with Gasteiger partial charge in [0.15, 0.2) is 0 Å². The standard InChI is InChI=1S/C20H38N2O3/c1-3-4-5-6-7-8-11-19(13-12-18(2)23)25-20(24)21-14-17-22-15-9-10-16-22/h19H,3-17H2,1-2H3,(H,21,24). The molecule has 1 atom stereocenters. The molecule has 0 spiro atoms. The summed E-state index contributed by atoms with van der Waals surface area (Å²) in [6, 6.07) is 0. The van der Waals surface area contributed by atoms with Crippen LogP contribution in [0.4, 0.5) is 4.79 Å². The number of hydrogen-bond donors (Lipinski definition) is 1. The first kappa shape index (κ1) is 21.9. The molecule has 25 heavy (non-hydrogen) atoms. The zero-order chi connectivity index (χ0) is 18.3. The topological polar surface area (TPSA) is 58.6 Å². The minimum Gasteiger partial charge on any atom is -0.446 e. The molecular weight excluding hydrogens is 316 g/mol. The molecule has 5 heteroatoms. The molecule has 0 aromatic carbocycles. The van der Waals surface area contributed by atoms with Gasteiger partial charge in [-0.3, -0.25) is 0 Å². The molecule has 1 rings (SSSR count). The van der Waals surface area contributed by atoms with Gasteiger partial charge in [-0.25, -0.2) is 4.79 Å². The number of amides is 1. The largest absolute Gasteiger partial charge is 0.446 e. The quantitative estimate of drug-likeness (QED) is 0.473. The number of carbonyl (C=O) groups is 2. The lowest BCUT2D eigenvalue weighted by molar-refractivity contribution is -0.117. The molecular formula is C20H38N2O3. The highest BCUT2D eigenvalue weighted by atomic mass is 16.6. The monoisotopic (exact) mass is 354 g/mol. The minimum atomic E-state index is -0.335. The maximum Gasteiger partial charge on any atom is 0.407 e. The number of rotatable bonds is 14. The van der Waals surface area contributed by atoms with Crippen LogP contribution in [0.15, 0.2) is 0 Å². The van der Waals surface area contributed by atoms with E-state index in [-0.39, 0.29) is 18.0 Å². The number of carbonyl (C=O) groups excluding carboxylic acids is 2. The van der Waals surface area contributed by atoms with Crippen LogP contribution in [0.3, 0.4) is 0 Å². The van der Waals surface area contributed by atoms with Gasteiger partial charge in [-0.1, -0.05) is 39.0 Å². The Morgan fingerprint density at radius 3 is 2.40 bits per heavy atom. The van der Waals surface area contributed by atoms with Crippen LogP contribution in [0.25, 0.3) is 0 Å². The third-order valence-electron chi connectivity index (χ3n) is 4.87. The van der Waals surface area contributed by atoms with Crippen molar-refractivity contribution in [2.24, 2.45) is 0 Å². The number of hydrogen-bond acceptors (Lipinski definition) is 4. The molecule has 0 aliphatic carbocycles. The van der Waals surface area contributed by atoms with Crippen molar-refractivity contribution in [1.29, 1.82) is 0 Å². The van der Waals surface area contributed by atoms with Crippen molar-refractivity contribution < 1.29 is 14.3 Å². The van der Waals surface area contributed by atoms with E-state index in [9.17, 15) is 9.59 Å². The van der Waals surface area contributed by atoms with Crippen molar-refractivity contribution in [3.8, 4) is 0 Å². The van der Waals surface area contributed by atoms with Crippen LogP contribution >= 0.6 is 0 Å². The molecule has 1 amide bonds. The SMILES string of the molecule is CCCCCCCCC(CCC(C)=O)OC(=O)NCCN1CCCC1. The van der Waals surface area contributed by atoms with E-state index in [0.29, 0.717) is 19.4 Å². The number of ether oxygens (including phenoxy) is 1. The molecule has 1 saturated heterocycles. The summed E-state index contributed by atoms with van der Waals surface area (Å²) in [6.07, 6.45) is 11.4. The number of nitrogens with one attached hydrogen (secondary N) is 1. The number of nitrogens with zero attached hydrogens (tertiary/aromatic N) is 1. The Balaban J connectivity index is 2.20. The average molecular weight is 355 g/mol. The first-order valence-electron chi connectivity index (χ1n) is 10.3. The van der Waals surface area contributed by atoms with E-state index in [1.807, 2.05) is 0 Å². The van der Waals surface area contributed by atoms with Crippen LogP contribution < -0.4 is 5.32 Å². The summed E-state index contributed by atoms with van der Waals surface area (Å²) in [7, 11) is 0. The van der Waals surface area contributed by atoms with Gasteiger partial charge in [0, 0.05) is 19.5 Å². The van der Waals surface area contributed by atoms with Gasteiger partial charge in [0.1, 0.15) is 11.9 Å². The lowest BCUT2D eigenvalue weighted by Crippen LogP contribution is -2.35. The van der Waals surface area contributed by atoms with Crippen LogP contribution in [-0.4, -0.2) is 49.1 Å². The summed E-state index contributed by atoms with van der Waals surface area (Å²) in [6.45, 7) is 7.61. The molecule has 0 aromatic heterocycles. The van der Waals surface area contributed by atoms with E-state index < -0.39 is 0 Å². The number of Topliss-reactive ketones (excluding diaryl/α,β-unsaturated/α-hetero) is 1. The van der Waals surface area contributed by atoms with Gasteiger partial charge in [0.25, 0.3) is 0 Å². The Kier molecular flexibility index (Phi) is 12.4. The Morgan fingerprint density at radius 1 is 1.04 bits per heavy atom.